The van der Waals surface area contributed by atoms with Gasteiger partial charge in [-0.15, -0.1) is 0 Å². The summed E-state index contributed by atoms with van der Waals surface area (Å²) in [6.45, 7) is 0. The van der Waals surface area contributed by atoms with Gasteiger partial charge in [-0.1, -0.05) is 29.3 Å². The summed E-state index contributed by atoms with van der Waals surface area (Å²) in [4.78, 5) is 20.8. The normalized spacial score (nSPS) is 19.1. The molecule has 1 aliphatic carbocycles. The van der Waals surface area contributed by atoms with Gasteiger partial charge in [0.25, 0.3) is 11.6 Å². The molecule has 5 nitrogen and oxygen atoms in total. The Morgan fingerprint density at radius 3 is 2.58 bits per heavy atom. The molecule has 0 aliphatic heterocycles. The molecule has 1 aromatic rings. The van der Waals surface area contributed by atoms with Gasteiger partial charge in [-0.3, -0.25) is 14.9 Å². The molecule has 0 heterocycles. The van der Waals surface area contributed by atoms with Crippen LogP contribution in [0.2, 0.25) is 10.0 Å². The van der Waals surface area contributed by atoms with Crippen molar-refractivity contribution < 1.29 is 28.0 Å². The lowest BCUT2D eigenvalue weighted by molar-refractivity contribution is -0.423. The molecule has 0 saturated heterocycles. The second kappa shape index (κ2) is 7.51. The first-order chi connectivity index (χ1) is 12.0. The van der Waals surface area contributed by atoms with E-state index < -0.39 is 46.3 Å². The number of alkyl halides is 3. The van der Waals surface area contributed by atoms with Gasteiger partial charge in [-0.25, -0.2) is 13.2 Å². The van der Waals surface area contributed by atoms with Crippen LogP contribution in [0.5, 0.6) is 0 Å². The van der Waals surface area contributed by atoms with E-state index in [1.165, 1.54) is 18.2 Å². The maximum Gasteiger partial charge on any atom is 0.309 e. The van der Waals surface area contributed by atoms with Crippen molar-refractivity contribution in [3.05, 3.63) is 72.9 Å². The maximum absolute atomic E-state index is 14.3. The van der Waals surface area contributed by atoms with E-state index in [1.807, 2.05) is 0 Å². The van der Waals surface area contributed by atoms with Crippen molar-refractivity contribution in [1.29, 1.82) is 0 Å². The Hall–Kier alpha value is -2.32. The van der Waals surface area contributed by atoms with Gasteiger partial charge < -0.3 is 5.11 Å². The summed E-state index contributed by atoms with van der Waals surface area (Å²) in [5.74, 6) is -5.92. The fourth-order valence-corrected chi connectivity index (χ4v) is 2.83. The molecule has 0 fully saturated rings. The van der Waals surface area contributed by atoms with Crippen LogP contribution in [0, 0.1) is 10.1 Å². The Morgan fingerprint density at radius 1 is 1.38 bits per heavy atom. The van der Waals surface area contributed by atoms with E-state index in [0.29, 0.717) is 12.2 Å². The largest absolute Gasteiger partial charge is 0.481 e. The van der Waals surface area contributed by atoms with Crippen molar-refractivity contribution >= 4 is 35.2 Å². The van der Waals surface area contributed by atoms with Crippen LogP contribution < -0.4 is 0 Å². The Bertz CT molecular complexity index is 865. The Balaban J connectivity index is 2.67. The Morgan fingerprint density at radius 2 is 2.04 bits per heavy atom. The molecule has 1 N–H and O–H groups in total. The predicted octanol–water partition coefficient (Wildman–Crippen LogP) is 4.93. The third kappa shape index (κ3) is 4.25. The van der Waals surface area contributed by atoms with E-state index in [9.17, 15) is 28.1 Å². The minimum Gasteiger partial charge on any atom is -0.481 e. The van der Waals surface area contributed by atoms with Crippen LogP contribution in [-0.2, 0) is 4.79 Å². The highest BCUT2D eigenvalue weighted by atomic mass is 35.5. The molecule has 1 aromatic carbocycles. The lowest BCUT2D eigenvalue weighted by Gasteiger charge is -2.21. The molecule has 0 spiro atoms. The summed E-state index contributed by atoms with van der Waals surface area (Å²) < 4.78 is 42.6. The Labute approximate surface area is 155 Å². The molecule has 2 rings (SSSR count). The smallest absolute Gasteiger partial charge is 0.309 e. The number of carboxylic acids is 1. The number of hydrogen-bond donors (Lipinski definition) is 1. The van der Waals surface area contributed by atoms with Crippen LogP contribution in [-0.4, -0.2) is 28.1 Å². The van der Waals surface area contributed by atoms with Crippen molar-refractivity contribution in [2.75, 3.05) is 0 Å². The SMILES string of the molecule is O=C(O)CC(F)(F)C1=C([N+](=O)[O-])/C(=C/c2ccc(Cl)cc2Cl)[C@H](F)C=C1. The third-order valence-electron chi connectivity index (χ3n) is 3.48. The second-order valence-electron chi connectivity index (χ2n) is 5.32. The van der Waals surface area contributed by atoms with Gasteiger partial charge >= 0.3 is 5.97 Å². The van der Waals surface area contributed by atoms with E-state index in [-0.39, 0.29) is 15.6 Å². The van der Waals surface area contributed by atoms with Crippen LogP contribution in [0.25, 0.3) is 6.08 Å². The highest BCUT2D eigenvalue weighted by molar-refractivity contribution is 6.35. The number of carbonyl (C=O) groups is 1. The highest BCUT2D eigenvalue weighted by Gasteiger charge is 2.45. The summed E-state index contributed by atoms with van der Waals surface area (Å²) in [7, 11) is 0. The molecule has 0 unspecified atom stereocenters. The minimum atomic E-state index is -4.06. The number of carboxylic acid groups (broad SMARTS) is 1. The Kier molecular flexibility index (Phi) is 5.77. The minimum absolute atomic E-state index is 0.0355. The molecule has 1 aliphatic rings. The quantitative estimate of drug-likeness (QED) is 0.554. The lowest BCUT2D eigenvalue weighted by atomic mass is 9.90. The predicted molar refractivity (Wildman–Crippen MR) is 89.7 cm³/mol. The topological polar surface area (TPSA) is 80.4 Å². The number of aliphatic carboxylic acids is 1. The average molecular weight is 408 g/mol. The number of halogens is 5. The van der Waals surface area contributed by atoms with E-state index in [0.717, 1.165) is 6.08 Å². The van der Waals surface area contributed by atoms with Gasteiger partial charge in [-0.2, -0.15) is 0 Å². The van der Waals surface area contributed by atoms with Crippen molar-refractivity contribution in [3.63, 3.8) is 0 Å². The number of rotatable bonds is 5. The molecule has 10 heteroatoms. The maximum atomic E-state index is 14.3. The third-order valence-corrected chi connectivity index (χ3v) is 4.04. The number of nitro groups is 1. The standard InChI is InChI=1S/C16H10Cl2F3NO4/c17-9-2-1-8(12(18)6-9)5-10-13(19)4-3-11(15(10)22(25)26)16(20,21)7-14(23)24/h1-6,13H,7H2,(H,23,24)/b10-5+/t13-/m1/s1. The van der Waals surface area contributed by atoms with E-state index in [1.54, 1.807) is 0 Å². The van der Waals surface area contributed by atoms with Gasteiger partial charge in [-0.05, 0) is 35.9 Å². The van der Waals surface area contributed by atoms with Gasteiger partial charge in [0.2, 0.25) is 0 Å². The van der Waals surface area contributed by atoms with E-state index in [4.69, 9.17) is 28.3 Å². The van der Waals surface area contributed by atoms with Crippen LogP contribution in [0.15, 0.2) is 47.2 Å². The summed E-state index contributed by atoms with van der Waals surface area (Å²) in [6.07, 6.45) is -1.54. The van der Waals surface area contributed by atoms with Gasteiger partial charge in [0, 0.05) is 10.0 Å². The molecule has 0 saturated carbocycles. The zero-order chi connectivity index (χ0) is 19.6. The van der Waals surface area contributed by atoms with Crippen LogP contribution in [0.4, 0.5) is 13.2 Å². The first-order valence-corrected chi connectivity index (χ1v) is 7.76. The fourth-order valence-electron chi connectivity index (χ4n) is 2.37. The first-order valence-electron chi connectivity index (χ1n) is 7.01. The zero-order valence-corrected chi connectivity index (χ0v) is 14.3. The molecule has 26 heavy (non-hydrogen) atoms. The molecule has 0 radical (unpaired) electrons. The second-order valence-corrected chi connectivity index (χ2v) is 6.16. The van der Waals surface area contributed by atoms with Gasteiger partial charge in [0.05, 0.1) is 16.1 Å². The van der Waals surface area contributed by atoms with Gasteiger partial charge in [0.15, 0.2) is 6.17 Å². The number of benzene rings is 1. The van der Waals surface area contributed by atoms with Crippen molar-refractivity contribution in [3.8, 4) is 0 Å². The summed E-state index contributed by atoms with van der Waals surface area (Å²) >= 11 is 11.7. The van der Waals surface area contributed by atoms with Crippen molar-refractivity contribution in [2.45, 2.75) is 18.5 Å². The lowest BCUT2D eigenvalue weighted by Crippen LogP contribution is -2.29. The summed E-state index contributed by atoms with van der Waals surface area (Å²) in [6, 6.07) is 4.04. The monoisotopic (exact) mass is 407 g/mol. The number of hydrogen-bond acceptors (Lipinski definition) is 3. The van der Waals surface area contributed by atoms with Crippen LogP contribution >= 0.6 is 23.2 Å². The van der Waals surface area contributed by atoms with E-state index >= 15 is 0 Å². The fraction of sp³-hybridized carbons (Fsp3) is 0.188. The van der Waals surface area contributed by atoms with Crippen molar-refractivity contribution in [2.24, 2.45) is 0 Å². The van der Waals surface area contributed by atoms with Gasteiger partial charge in [0.1, 0.15) is 6.42 Å². The van der Waals surface area contributed by atoms with Crippen molar-refractivity contribution in [1.82, 2.24) is 0 Å². The molecule has 1 atom stereocenters. The zero-order valence-electron chi connectivity index (χ0n) is 12.8. The molecule has 0 bridgehead atoms. The number of nitrogens with zero attached hydrogens (tertiary/aromatic N) is 1. The molecule has 0 amide bonds. The first kappa shape index (κ1) is 20.0. The molecule has 138 valence electrons. The summed E-state index contributed by atoms with van der Waals surface area (Å²) in [5.41, 5.74) is -2.92. The van der Waals surface area contributed by atoms with Crippen LogP contribution in [0.3, 0.4) is 0 Å². The summed E-state index contributed by atoms with van der Waals surface area (Å²) in [5, 5.41) is 20.3. The molecular formula is C16H10Cl2F3NO4. The van der Waals surface area contributed by atoms with Crippen LogP contribution in [0.1, 0.15) is 12.0 Å². The van der Waals surface area contributed by atoms with E-state index in [2.05, 4.69) is 0 Å². The number of allylic oxidation sites excluding steroid dienone is 4. The molecular weight excluding hydrogens is 398 g/mol. The average Bonchev–Trinajstić information content (AvgIpc) is 2.49. The molecule has 0 aromatic heterocycles. The highest BCUT2D eigenvalue weighted by Crippen LogP contribution is 2.39.